The number of carbonyl (C=O) groups excluding carboxylic acids is 1. The van der Waals surface area contributed by atoms with Crippen molar-refractivity contribution in [2.75, 3.05) is 18.4 Å². The van der Waals surface area contributed by atoms with Gasteiger partial charge in [-0.05, 0) is 33.6 Å². The predicted octanol–water partition coefficient (Wildman–Crippen LogP) is 1.45. The summed E-state index contributed by atoms with van der Waals surface area (Å²) in [5, 5.41) is 9.64. The Morgan fingerprint density at radius 1 is 1.39 bits per heavy atom. The number of halogens is 2. The maximum absolute atomic E-state index is 13.0. The molecule has 2 aromatic rings. The first kappa shape index (κ1) is 17.1. The lowest BCUT2D eigenvalue weighted by Gasteiger charge is -2.09. The van der Waals surface area contributed by atoms with Crippen LogP contribution in [0.4, 0.5) is 10.1 Å². The number of anilines is 1. The molecule has 2 rings (SSSR count). The van der Waals surface area contributed by atoms with Crippen LogP contribution in [0.25, 0.3) is 0 Å². The topological polar surface area (TPSA) is 76.0 Å². The summed E-state index contributed by atoms with van der Waals surface area (Å²) in [7, 11) is 1.56. The summed E-state index contributed by atoms with van der Waals surface area (Å²) in [5.74, 6) is -0.557. The predicted molar refractivity (Wildman–Crippen MR) is 88.8 cm³/mol. The average Bonchev–Trinajstić information content (AvgIpc) is 2.51. The molecule has 6 nitrogen and oxygen atoms in total. The number of nitrogens with zero attached hydrogens (tertiary/aromatic N) is 2. The Labute approximate surface area is 140 Å². The zero-order valence-electron chi connectivity index (χ0n) is 12.5. The minimum absolute atomic E-state index is 0.120. The minimum Gasteiger partial charge on any atom is -0.381 e. The van der Waals surface area contributed by atoms with Crippen LogP contribution in [0.2, 0.25) is 0 Å². The molecule has 0 radical (unpaired) electrons. The third-order valence-electron chi connectivity index (χ3n) is 3.09. The van der Waals surface area contributed by atoms with Crippen LogP contribution in [0.1, 0.15) is 5.56 Å². The Morgan fingerprint density at radius 2 is 2.17 bits per heavy atom. The molecule has 0 atom stereocenters. The van der Waals surface area contributed by atoms with E-state index in [0.29, 0.717) is 28.8 Å². The molecule has 1 aromatic heterocycles. The summed E-state index contributed by atoms with van der Waals surface area (Å²) < 4.78 is 14.6. The van der Waals surface area contributed by atoms with E-state index in [-0.39, 0.29) is 23.7 Å². The molecule has 122 valence electrons. The van der Waals surface area contributed by atoms with E-state index in [1.807, 2.05) is 0 Å². The SMILES string of the molecule is Cn1ncc(NCCNC(=O)Cc2cccc(F)c2)c(Br)c1=O. The number of benzene rings is 1. The fraction of sp³-hybridized carbons (Fsp3) is 0.267. The molecule has 0 aliphatic heterocycles. The van der Waals surface area contributed by atoms with Gasteiger partial charge in [0.25, 0.3) is 5.56 Å². The van der Waals surface area contributed by atoms with Gasteiger partial charge in [0.2, 0.25) is 5.91 Å². The smallest absolute Gasteiger partial charge is 0.282 e. The fourth-order valence-corrected chi connectivity index (χ4v) is 2.43. The normalized spacial score (nSPS) is 10.4. The average molecular weight is 383 g/mol. The molecule has 0 aliphatic rings. The van der Waals surface area contributed by atoms with Crippen LogP contribution in [-0.2, 0) is 18.3 Å². The molecule has 0 unspecified atom stereocenters. The van der Waals surface area contributed by atoms with Gasteiger partial charge in [-0.3, -0.25) is 9.59 Å². The lowest BCUT2D eigenvalue weighted by molar-refractivity contribution is -0.120. The summed E-state index contributed by atoms with van der Waals surface area (Å²) in [5.41, 5.74) is 0.937. The second-order valence-corrected chi connectivity index (χ2v) is 5.68. The van der Waals surface area contributed by atoms with E-state index in [1.54, 1.807) is 19.2 Å². The number of hydrogen-bond acceptors (Lipinski definition) is 4. The van der Waals surface area contributed by atoms with Crippen molar-refractivity contribution in [2.24, 2.45) is 7.05 Å². The van der Waals surface area contributed by atoms with Gasteiger partial charge < -0.3 is 10.6 Å². The van der Waals surface area contributed by atoms with Crippen molar-refractivity contribution >= 4 is 27.5 Å². The number of aromatic nitrogens is 2. The van der Waals surface area contributed by atoms with Crippen molar-refractivity contribution in [3.05, 3.63) is 56.7 Å². The van der Waals surface area contributed by atoms with Crippen LogP contribution in [0.15, 0.2) is 39.7 Å². The van der Waals surface area contributed by atoms with E-state index in [2.05, 4.69) is 31.7 Å². The molecule has 1 amide bonds. The van der Waals surface area contributed by atoms with Gasteiger partial charge in [0.15, 0.2) is 0 Å². The summed E-state index contributed by atoms with van der Waals surface area (Å²) >= 11 is 3.20. The van der Waals surface area contributed by atoms with Crippen molar-refractivity contribution in [3.8, 4) is 0 Å². The van der Waals surface area contributed by atoms with Crippen molar-refractivity contribution < 1.29 is 9.18 Å². The molecule has 0 saturated heterocycles. The van der Waals surface area contributed by atoms with E-state index >= 15 is 0 Å². The molecular weight excluding hydrogens is 367 g/mol. The van der Waals surface area contributed by atoms with Crippen LogP contribution >= 0.6 is 15.9 Å². The van der Waals surface area contributed by atoms with Gasteiger partial charge in [-0.2, -0.15) is 5.10 Å². The van der Waals surface area contributed by atoms with Gasteiger partial charge in [-0.25, -0.2) is 9.07 Å². The molecule has 1 aromatic carbocycles. The number of carbonyl (C=O) groups is 1. The van der Waals surface area contributed by atoms with Gasteiger partial charge in [-0.1, -0.05) is 12.1 Å². The molecule has 0 aliphatic carbocycles. The lowest BCUT2D eigenvalue weighted by Crippen LogP contribution is -2.30. The molecule has 1 heterocycles. The van der Waals surface area contributed by atoms with Gasteiger partial charge in [-0.15, -0.1) is 0 Å². The number of rotatable bonds is 6. The zero-order chi connectivity index (χ0) is 16.8. The summed E-state index contributed by atoms with van der Waals surface area (Å²) in [4.78, 5) is 23.4. The van der Waals surface area contributed by atoms with Crippen molar-refractivity contribution in [1.29, 1.82) is 0 Å². The van der Waals surface area contributed by atoms with E-state index in [9.17, 15) is 14.0 Å². The molecule has 0 saturated carbocycles. The molecule has 0 spiro atoms. The second kappa shape index (κ2) is 7.87. The highest BCUT2D eigenvalue weighted by Crippen LogP contribution is 2.15. The first-order valence-electron chi connectivity index (χ1n) is 6.94. The molecule has 0 fully saturated rings. The van der Waals surface area contributed by atoms with Crippen LogP contribution in [-0.4, -0.2) is 28.8 Å². The van der Waals surface area contributed by atoms with Crippen molar-refractivity contribution in [3.63, 3.8) is 0 Å². The van der Waals surface area contributed by atoms with Crippen molar-refractivity contribution in [2.45, 2.75) is 6.42 Å². The molecular formula is C15H16BrFN4O2. The van der Waals surface area contributed by atoms with E-state index in [1.165, 1.54) is 23.0 Å². The highest BCUT2D eigenvalue weighted by atomic mass is 79.9. The standard InChI is InChI=1S/C15H16BrFN4O2/c1-21-15(23)14(16)12(9-20-21)18-5-6-19-13(22)8-10-3-2-4-11(17)7-10/h2-4,7,9,18H,5-6,8H2,1H3,(H,19,22). The summed E-state index contributed by atoms with van der Waals surface area (Å²) in [6.45, 7) is 0.804. The van der Waals surface area contributed by atoms with Crippen LogP contribution in [0, 0.1) is 5.82 Å². The quantitative estimate of drug-likeness (QED) is 0.741. The van der Waals surface area contributed by atoms with Gasteiger partial charge >= 0.3 is 0 Å². The first-order valence-corrected chi connectivity index (χ1v) is 7.73. The first-order chi connectivity index (χ1) is 11.0. The Hall–Kier alpha value is -2.22. The molecule has 8 heteroatoms. The number of aryl methyl sites for hydroxylation is 1. The van der Waals surface area contributed by atoms with Crippen LogP contribution < -0.4 is 16.2 Å². The Morgan fingerprint density at radius 3 is 2.91 bits per heavy atom. The van der Waals surface area contributed by atoms with E-state index in [0.717, 1.165) is 0 Å². The summed E-state index contributed by atoms with van der Waals surface area (Å²) in [6.07, 6.45) is 1.65. The number of nitrogens with one attached hydrogen (secondary N) is 2. The third kappa shape index (κ3) is 4.88. The van der Waals surface area contributed by atoms with Crippen LogP contribution in [0.3, 0.4) is 0 Å². The highest BCUT2D eigenvalue weighted by molar-refractivity contribution is 9.10. The van der Waals surface area contributed by atoms with Gasteiger partial charge in [0.1, 0.15) is 10.3 Å². The largest absolute Gasteiger partial charge is 0.381 e. The summed E-state index contributed by atoms with van der Waals surface area (Å²) in [6, 6.07) is 5.94. The lowest BCUT2D eigenvalue weighted by atomic mass is 10.1. The van der Waals surface area contributed by atoms with E-state index in [4.69, 9.17) is 0 Å². The molecule has 2 N–H and O–H groups in total. The molecule has 0 bridgehead atoms. The number of amides is 1. The van der Waals surface area contributed by atoms with Crippen molar-refractivity contribution in [1.82, 2.24) is 15.1 Å². The third-order valence-corrected chi connectivity index (χ3v) is 3.86. The Balaban J connectivity index is 1.78. The fourth-order valence-electron chi connectivity index (χ4n) is 1.93. The second-order valence-electron chi connectivity index (χ2n) is 4.88. The Bertz CT molecular complexity index is 763. The van der Waals surface area contributed by atoms with Gasteiger partial charge in [0.05, 0.1) is 18.3 Å². The maximum atomic E-state index is 13.0. The highest BCUT2D eigenvalue weighted by Gasteiger charge is 2.07. The monoisotopic (exact) mass is 382 g/mol. The number of hydrogen-bond donors (Lipinski definition) is 2. The molecule has 23 heavy (non-hydrogen) atoms. The zero-order valence-corrected chi connectivity index (χ0v) is 14.1. The van der Waals surface area contributed by atoms with Crippen LogP contribution in [0.5, 0.6) is 0 Å². The maximum Gasteiger partial charge on any atom is 0.282 e. The van der Waals surface area contributed by atoms with E-state index < -0.39 is 0 Å². The minimum atomic E-state index is -0.361. The van der Waals surface area contributed by atoms with Gasteiger partial charge in [0, 0.05) is 20.1 Å². The Kier molecular flexibility index (Phi) is 5.86.